The van der Waals surface area contributed by atoms with Crippen LogP contribution in [-0.2, 0) is 59.2 Å². The maximum atomic E-state index is 13.5. The third-order valence-electron chi connectivity index (χ3n) is 7.64. The van der Waals surface area contributed by atoms with E-state index in [4.69, 9.17) is 17.2 Å². The first-order valence-electron chi connectivity index (χ1n) is 16.5. The van der Waals surface area contributed by atoms with Crippen LogP contribution in [-0.4, -0.2) is 143 Å². The van der Waals surface area contributed by atoms with E-state index in [0.717, 1.165) is 0 Å². The van der Waals surface area contributed by atoms with Crippen LogP contribution in [0.15, 0.2) is 24.3 Å². The van der Waals surface area contributed by atoms with Crippen molar-refractivity contribution in [3.8, 4) is 5.75 Å². The number of nitrogens with two attached hydrogens (primary N) is 3. The first-order chi connectivity index (χ1) is 26.3. The molecule has 0 aliphatic carbocycles. The Kier molecular flexibility index (Phi) is 17.6. The van der Waals surface area contributed by atoms with Crippen LogP contribution in [0.5, 0.6) is 5.75 Å². The lowest BCUT2D eigenvalue weighted by Crippen LogP contribution is -2.60. The highest BCUT2D eigenvalue weighted by Gasteiger charge is 2.33. The van der Waals surface area contributed by atoms with E-state index < -0.39 is 147 Å². The number of aliphatic hydroxyl groups excluding tert-OH is 2. The quantitative estimate of drug-likeness (QED) is 0.105. The molecule has 1 aromatic rings. The molecule has 11 amide bonds. The lowest BCUT2D eigenvalue weighted by molar-refractivity contribution is -0.137. The smallest absolute Gasteiger partial charge is 0.245 e. The minimum absolute atomic E-state index is 0.146. The fraction of sp³-hybridized carbons (Fsp3) is 0.452. The van der Waals surface area contributed by atoms with Gasteiger partial charge in [-0.05, 0) is 17.7 Å². The molecule has 17 N–H and O–H groups in total. The van der Waals surface area contributed by atoms with Crippen molar-refractivity contribution in [2.24, 2.45) is 17.2 Å². The van der Waals surface area contributed by atoms with Gasteiger partial charge in [0.1, 0.15) is 42.0 Å². The molecule has 25 nitrogen and oxygen atoms in total. The highest BCUT2D eigenvalue weighted by molar-refractivity contribution is 6.00. The summed E-state index contributed by atoms with van der Waals surface area (Å²) in [7, 11) is 0. The maximum Gasteiger partial charge on any atom is 0.245 e. The van der Waals surface area contributed by atoms with Gasteiger partial charge in [0.2, 0.25) is 65.0 Å². The van der Waals surface area contributed by atoms with E-state index in [1.807, 2.05) is 5.32 Å². The predicted molar refractivity (Wildman–Crippen MR) is 185 cm³/mol. The molecule has 0 aromatic heterocycles. The van der Waals surface area contributed by atoms with Gasteiger partial charge < -0.3 is 75.1 Å². The zero-order valence-electron chi connectivity index (χ0n) is 29.5. The third kappa shape index (κ3) is 15.2. The number of nitrogens with one attached hydrogen (secondary N) is 8. The molecule has 0 spiro atoms. The maximum absolute atomic E-state index is 13.5. The van der Waals surface area contributed by atoms with Crippen molar-refractivity contribution in [2.75, 3.05) is 26.3 Å². The molecule has 0 unspecified atom stereocenters. The van der Waals surface area contributed by atoms with E-state index in [0.29, 0.717) is 5.56 Å². The first kappa shape index (κ1) is 45.3. The van der Waals surface area contributed by atoms with Gasteiger partial charge >= 0.3 is 0 Å². The molecule has 1 aromatic carbocycles. The number of primary amides is 3. The number of phenolic OH excluding ortho intramolecular Hbond substituents is 1. The van der Waals surface area contributed by atoms with Crippen LogP contribution >= 0.6 is 0 Å². The number of aromatic hydroxyl groups is 1. The molecule has 0 radical (unpaired) electrons. The molecule has 0 bridgehead atoms. The summed E-state index contributed by atoms with van der Waals surface area (Å²) in [5.74, 6) is -12.9. The molecule has 1 heterocycles. The topological polar surface area (TPSA) is 423 Å². The first-order valence-corrected chi connectivity index (χ1v) is 16.5. The van der Waals surface area contributed by atoms with Gasteiger partial charge in [-0.25, -0.2) is 0 Å². The Hall–Kier alpha value is -6.89. The summed E-state index contributed by atoms with van der Waals surface area (Å²) in [5, 5.41) is 46.3. The summed E-state index contributed by atoms with van der Waals surface area (Å²) in [6.45, 7) is -4.07. The number of rotatable bonds is 10. The second-order valence-corrected chi connectivity index (χ2v) is 12.2. The summed E-state index contributed by atoms with van der Waals surface area (Å²) in [4.78, 5) is 140. The van der Waals surface area contributed by atoms with Crippen molar-refractivity contribution < 1.29 is 68.1 Å². The van der Waals surface area contributed by atoms with Gasteiger partial charge in [-0.2, -0.15) is 0 Å². The Labute approximate surface area is 316 Å². The lowest BCUT2D eigenvalue weighted by Gasteiger charge is -2.25. The summed E-state index contributed by atoms with van der Waals surface area (Å²) >= 11 is 0. The third-order valence-corrected chi connectivity index (χ3v) is 7.64. The van der Waals surface area contributed by atoms with E-state index in [-0.39, 0.29) is 12.2 Å². The number of amides is 11. The van der Waals surface area contributed by atoms with E-state index in [1.54, 1.807) is 0 Å². The van der Waals surface area contributed by atoms with Gasteiger partial charge in [-0.3, -0.25) is 52.7 Å². The van der Waals surface area contributed by atoms with E-state index >= 15 is 0 Å². The molecule has 6 atom stereocenters. The molecule has 306 valence electrons. The van der Waals surface area contributed by atoms with Gasteiger partial charge in [-0.1, -0.05) is 12.1 Å². The summed E-state index contributed by atoms with van der Waals surface area (Å²) in [6, 6.07) is -5.38. The minimum atomic E-state index is -1.88. The zero-order chi connectivity index (χ0) is 42.1. The number of hydrogen-bond donors (Lipinski definition) is 14. The molecular formula is C31H43N11O14. The molecular weight excluding hydrogens is 750 g/mol. The van der Waals surface area contributed by atoms with Crippen LogP contribution in [0.1, 0.15) is 24.8 Å². The Balaban J connectivity index is 2.53. The molecule has 25 heteroatoms. The van der Waals surface area contributed by atoms with Crippen LogP contribution in [0.3, 0.4) is 0 Å². The second-order valence-electron chi connectivity index (χ2n) is 12.2. The Morgan fingerprint density at radius 3 is 1.23 bits per heavy atom. The SMILES string of the molecule is NC(=O)C[C@@H]1NC(=O)CNC(=O)[C@H](CC(N)=O)NC(=O)[C@H](Cc2ccc(O)cc2)NC(=O)[C@H](CO)NC(=O)CNC(=O)[C@H](CC(N)=O)NC(=O)[C@H](CO)NC1=O. The average molecular weight is 794 g/mol. The normalized spacial score (nSPS) is 24.0. The van der Waals surface area contributed by atoms with Gasteiger partial charge in [0.25, 0.3) is 0 Å². The van der Waals surface area contributed by atoms with Crippen LogP contribution in [0.2, 0.25) is 0 Å². The average Bonchev–Trinajstić information content (AvgIpc) is 3.12. The highest BCUT2D eigenvalue weighted by atomic mass is 16.3. The minimum Gasteiger partial charge on any atom is -0.508 e. The lowest BCUT2D eigenvalue weighted by atomic mass is 10.0. The van der Waals surface area contributed by atoms with Gasteiger partial charge in [0.05, 0.1) is 45.6 Å². The molecule has 1 fully saturated rings. The summed E-state index contributed by atoms with van der Waals surface area (Å²) in [5.41, 5.74) is 16.0. The Bertz CT molecular complexity index is 1690. The number of carbonyl (C=O) groups excluding carboxylic acids is 11. The van der Waals surface area contributed by atoms with E-state index in [1.165, 1.54) is 24.3 Å². The molecule has 1 aliphatic heterocycles. The van der Waals surface area contributed by atoms with Gasteiger partial charge in [0, 0.05) is 6.42 Å². The van der Waals surface area contributed by atoms with E-state index in [2.05, 4.69) is 37.2 Å². The summed E-state index contributed by atoms with van der Waals surface area (Å²) in [6.07, 6.45) is -2.89. The standard InChI is InChI=1S/C31H43N11O14/c32-21(46)6-16-26(51)35-9-24(49)37-18(8-23(34)48)29(54)42-20(12-44)31(56)41-17(7-22(33)47)27(52)36-10-25(50)38-19(11-43)30(55)39-15(28(53)40-16)5-13-1-3-14(45)4-2-13/h1-4,15-20,43-45H,5-12H2,(H2,32,46)(H2,33,47)(H2,34,48)(H,35,51)(H,36,52)(H,37,49)(H,38,50)(H,39,55)(H,40,53)(H,41,56)(H,42,54)/t15-,16-,17-,18-,19-,20-/m0/s1. The van der Waals surface area contributed by atoms with Crippen molar-refractivity contribution in [1.82, 2.24) is 42.5 Å². The number of phenols is 1. The van der Waals surface area contributed by atoms with Crippen LogP contribution < -0.4 is 59.7 Å². The molecule has 1 aliphatic rings. The summed E-state index contributed by atoms with van der Waals surface area (Å²) < 4.78 is 0. The van der Waals surface area contributed by atoms with E-state index in [9.17, 15) is 68.1 Å². The Morgan fingerprint density at radius 1 is 0.500 bits per heavy atom. The van der Waals surface area contributed by atoms with Gasteiger partial charge in [0.15, 0.2) is 0 Å². The Morgan fingerprint density at radius 2 is 0.821 bits per heavy atom. The largest absolute Gasteiger partial charge is 0.508 e. The predicted octanol–water partition coefficient (Wildman–Crippen LogP) is -9.30. The van der Waals surface area contributed by atoms with Crippen LogP contribution in [0, 0.1) is 0 Å². The van der Waals surface area contributed by atoms with Crippen LogP contribution in [0.25, 0.3) is 0 Å². The number of aliphatic hydroxyl groups is 2. The number of hydrogen-bond acceptors (Lipinski definition) is 14. The van der Waals surface area contributed by atoms with Crippen molar-refractivity contribution in [1.29, 1.82) is 0 Å². The van der Waals surface area contributed by atoms with Crippen LogP contribution in [0.4, 0.5) is 0 Å². The monoisotopic (exact) mass is 793 g/mol. The van der Waals surface area contributed by atoms with Crippen molar-refractivity contribution in [2.45, 2.75) is 61.9 Å². The molecule has 0 saturated carbocycles. The fourth-order valence-electron chi connectivity index (χ4n) is 4.86. The number of benzene rings is 1. The fourth-order valence-corrected chi connectivity index (χ4v) is 4.86. The molecule has 56 heavy (non-hydrogen) atoms. The van der Waals surface area contributed by atoms with Crippen molar-refractivity contribution in [3.63, 3.8) is 0 Å². The highest BCUT2D eigenvalue weighted by Crippen LogP contribution is 2.12. The molecule has 1 saturated heterocycles. The number of carbonyl (C=O) groups is 11. The second kappa shape index (κ2) is 21.7. The van der Waals surface area contributed by atoms with Crippen molar-refractivity contribution in [3.05, 3.63) is 29.8 Å². The molecule has 2 rings (SSSR count). The van der Waals surface area contributed by atoms with Gasteiger partial charge in [-0.15, -0.1) is 0 Å². The zero-order valence-corrected chi connectivity index (χ0v) is 29.5. The van der Waals surface area contributed by atoms with Crippen molar-refractivity contribution >= 4 is 65.0 Å².